The molecule has 0 saturated heterocycles. The van der Waals surface area contributed by atoms with Gasteiger partial charge in [0, 0.05) is 5.39 Å². The third kappa shape index (κ3) is 5.36. The molecule has 0 fully saturated rings. The van der Waals surface area contributed by atoms with Gasteiger partial charge in [0.1, 0.15) is 11.3 Å². The van der Waals surface area contributed by atoms with Crippen molar-refractivity contribution >= 4 is 16.7 Å². The predicted octanol–water partition coefficient (Wildman–Crippen LogP) is 7.67. The van der Waals surface area contributed by atoms with E-state index in [0.29, 0.717) is 5.39 Å². The van der Waals surface area contributed by atoms with Crippen molar-refractivity contribution in [1.82, 2.24) is 0 Å². The van der Waals surface area contributed by atoms with Crippen molar-refractivity contribution in [2.45, 2.75) is 92.9 Å². The van der Waals surface area contributed by atoms with Gasteiger partial charge in [0.2, 0.25) is 0 Å². The number of phenols is 1. The zero-order valence-electron chi connectivity index (χ0n) is 20.5. The Morgan fingerprint density at radius 1 is 0.767 bits per heavy atom. The third-order valence-corrected chi connectivity index (χ3v) is 5.78. The molecule has 166 valence electrons. The van der Waals surface area contributed by atoms with E-state index in [2.05, 4.69) is 75.3 Å². The van der Waals surface area contributed by atoms with Gasteiger partial charge >= 0.3 is 5.97 Å². The maximum absolute atomic E-state index is 12.1. The fourth-order valence-electron chi connectivity index (χ4n) is 5.45. The van der Waals surface area contributed by atoms with Crippen molar-refractivity contribution in [3.8, 4) is 5.75 Å². The maximum Gasteiger partial charge on any atom is 0.340 e. The summed E-state index contributed by atoms with van der Waals surface area (Å²) in [5.41, 5.74) is 2.23. The predicted molar refractivity (Wildman–Crippen MR) is 127 cm³/mol. The van der Waals surface area contributed by atoms with Crippen molar-refractivity contribution < 1.29 is 15.0 Å². The number of benzene rings is 2. The molecular weight excluding hydrogens is 372 g/mol. The molecule has 0 atom stereocenters. The van der Waals surface area contributed by atoms with Crippen LogP contribution in [0.5, 0.6) is 5.75 Å². The van der Waals surface area contributed by atoms with Gasteiger partial charge in [-0.2, -0.15) is 0 Å². The lowest BCUT2D eigenvalue weighted by Gasteiger charge is -2.37. The second kappa shape index (κ2) is 7.59. The minimum atomic E-state index is -1.09. The lowest BCUT2D eigenvalue weighted by atomic mass is 9.67. The van der Waals surface area contributed by atoms with Gasteiger partial charge in [-0.3, -0.25) is 0 Å². The first-order chi connectivity index (χ1) is 13.3. The number of carbonyl (C=O) groups is 1. The average molecular weight is 413 g/mol. The molecule has 2 rings (SSSR count). The summed E-state index contributed by atoms with van der Waals surface area (Å²) >= 11 is 0. The molecule has 2 aromatic carbocycles. The maximum atomic E-state index is 12.1. The van der Waals surface area contributed by atoms with E-state index in [0.717, 1.165) is 29.4 Å². The van der Waals surface area contributed by atoms with Crippen LogP contribution < -0.4 is 0 Å². The van der Waals surface area contributed by atoms with Gasteiger partial charge in [0.05, 0.1) is 0 Å². The monoisotopic (exact) mass is 412 g/mol. The van der Waals surface area contributed by atoms with E-state index in [1.54, 1.807) is 0 Å². The van der Waals surface area contributed by atoms with E-state index in [1.165, 1.54) is 6.07 Å². The Kier molecular flexibility index (Phi) is 6.13. The van der Waals surface area contributed by atoms with Crippen molar-refractivity contribution in [3.63, 3.8) is 0 Å². The van der Waals surface area contributed by atoms with Crippen LogP contribution in [0.1, 0.15) is 104 Å². The van der Waals surface area contributed by atoms with Gasteiger partial charge in [-0.25, -0.2) is 4.79 Å². The van der Waals surface area contributed by atoms with E-state index in [1.807, 2.05) is 12.1 Å². The molecule has 0 unspecified atom stereocenters. The normalized spacial score (nSPS) is 13.7. The molecule has 0 amide bonds. The third-order valence-electron chi connectivity index (χ3n) is 5.78. The molecule has 2 N–H and O–H groups in total. The van der Waals surface area contributed by atoms with E-state index < -0.39 is 5.97 Å². The highest BCUT2D eigenvalue weighted by atomic mass is 16.4. The van der Waals surface area contributed by atoms with E-state index >= 15 is 0 Å². The van der Waals surface area contributed by atoms with Gasteiger partial charge < -0.3 is 10.2 Å². The Balaban J connectivity index is 2.92. The summed E-state index contributed by atoms with van der Waals surface area (Å²) < 4.78 is 0. The van der Waals surface area contributed by atoms with Crippen LogP contribution in [0.15, 0.2) is 24.3 Å². The van der Waals surface area contributed by atoms with Crippen LogP contribution in [-0.4, -0.2) is 16.2 Å². The van der Waals surface area contributed by atoms with Gasteiger partial charge in [0.15, 0.2) is 0 Å². The van der Waals surface area contributed by atoms with Crippen molar-refractivity contribution in [2.24, 2.45) is 10.8 Å². The van der Waals surface area contributed by atoms with Crippen LogP contribution >= 0.6 is 0 Å². The van der Waals surface area contributed by atoms with Crippen LogP contribution in [0.2, 0.25) is 0 Å². The summed E-state index contributed by atoms with van der Waals surface area (Å²) in [6.45, 7) is 22.3. The molecule has 0 bridgehead atoms. The molecule has 0 heterocycles. The molecule has 0 radical (unpaired) electrons. The van der Waals surface area contributed by atoms with Gasteiger partial charge in [-0.05, 0) is 63.1 Å². The van der Waals surface area contributed by atoms with Crippen LogP contribution in [0.4, 0.5) is 0 Å². The molecule has 3 heteroatoms. The fraction of sp³-hybridized carbons (Fsp3) is 0.593. The molecule has 3 nitrogen and oxygen atoms in total. The number of aromatic carboxylic acids is 1. The van der Waals surface area contributed by atoms with Crippen LogP contribution in [0.3, 0.4) is 0 Å². The van der Waals surface area contributed by atoms with E-state index in [9.17, 15) is 15.0 Å². The smallest absolute Gasteiger partial charge is 0.340 e. The summed E-state index contributed by atoms with van der Waals surface area (Å²) in [4.78, 5) is 12.1. The minimum Gasteiger partial charge on any atom is -0.507 e. The summed E-state index contributed by atoms with van der Waals surface area (Å²) in [7, 11) is 0. The molecular formula is C27H40O3. The topological polar surface area (TPSA) is 57.5 Å². The molecule has 0 saturated carbocycles. The van der Waals surface area contributed by atoms with Gasteiger partial charge in [-0.15, -0.1) is 0 Å². The Morgan fingerprint density at radius 3 is 1.73 bits per heavy atom. The van der Waals surface area contributed by atoms with E-state index in [4.69, 9.17) is 0 Å². The zero-order chi connectivity index (χ0) is 23.3. The first kappa shape index (κ1) is 24.2. The van der Waals surface area contributed by atoms with Crippen LogP contribution in [0, 0.1) is 10.8 Å². The molecule has 0 aromatic heterocycles. The summed E-state index contributed by atoms with van der Waals surface area (Å²) in [5, 5.41) is 21.8. The number of fused-ring (bicyclic) bond motifs is 1. The molecule has 0 aliphatic rings. The molecule has 0 aliphatic carbocycles. The Morgan fingerprint density at radius 2 is 1.27 bits per heavy atom. The highest BCUT2D eigenvalue weighted by molar-refractivity contribution is 6.07. The number of aromatic hydroxyl groups is 1. The van der Waals surface area contributed by atoms with Crippen molar-refractivity contribution in [2.75, 3.05) is 0 Å². The quantitative estimate of drug-likeness (QED) is 0.529. The second-order valence-electron chi connectivity index (χ2n) is 12.6. The zero-order valence-corrected chi connectivity index (χ0v) is 20.5. The summed E-state index contributed by atoms with van der Waals surface area (Å²) in [5.74, 6) is -1.27. The molecule has 2 aromatic rings. The average Bonchev–Trinajstić information content (AvgIpc) is 2.48. The molecule has 30 heavy (non-hydrogen) atoms. The lowest BCUT2D eigenvalue weighted by molar-refractivity contribution is 0.0696. The molecule has 0 aliphatic heterocycles. The van der Waals surface area contributed by atoms with Gasteiger partial charge in [-0.1, -0.05) is 81.4 Å². The summed E-state index contributed by atoms with van der Waals surface area (Å²) in [6, 6.07) is 7.66. The van der Waals surface area contributed by atoms with Crippen LogP contribution in [0.25, 0.3) is 10.8 Å². The first-order valence-corrected chi connectivity index (χ1v) is 10.9. The Bertz CT molecular complexity index is 951. The van der Waals surface area contributed by atoms with Crippen molar-refractivity contribution in [3.05, 3.63) is 41.0 Å². The Hall–Kier alpha value is -2.03. The number of hydrogen-bond acceptors (Lipinski definition) is 2. The molecule has 0 spiro atoms. The summed E-state index contributed by atoms with van der Waals surface area (Å²) in [6.07, 6.45) is 1.92. The fourth-order valence-corrected chi connectivity index (χ4v) is 5.45. The first-order valence-electron chi connectivity index (χ1n) is 10.9. The van der Waals surface area contributed by atoms with Gasteiger partial charge in [0.25, 0.3) is 0 Å². The van der Waals surface area contributed by atoms with Crippen molar-refractivity contribution in [1.29, 1.82) is 0 Å². The standard InChI is InChI=1S/C27H40O3/c1-24(2,3)15-26(7,8)17-13-19-18(11-12-21(28)22(19)23(29)30)20(14-17)27(9,10)16-25(4,5)6/h11-14,28H,15-16H2,1-10H3,(H,29,30). The lowest BCUT2D eigenvalue weighted by Crippen LogP contribution is -2.28. The second-order valence-corrected chi connectivity index (χ2v) is 12.6. The largest absolute Gasteiger partial charge is 0.507 e. The SMILES string of the molecule is CC(C)(C)CC(C)(C)c1cc(C(C)(C)CC(C)(C)C)c2ccc(O)c(C(=O)O)c2c1. The number of rotatable bonds is 5. The van der Waals surface area contributed by atoms with Crippen LogP contribution in [-0.2, 0) is 10.8 Å². The Labute approximate surface area is 182 Å². The minimum absolute atomic E-state index is 0.00582. The number of hydrogen-bond donors (Lipinski definition) is 2. The number of carboxylic acid groups (broad SMARTS) is 1. The van der Waals surface area contributed by atoms with E-state index in [-0.39, 0.29) is 33.0 Å². The highest BCUT2D eigenvalue weighted by Gasteiger charge is 2.33. The highest BCUT2D eigenvalue weighted by Crippen LogP contribution is 2.45. The number of carboxylic acids is 1.